The Morgan fingerprint density at radius 1 is 1.19 bits per heavy atom. The molecule has 0 bridgehead atoms. The zero-order valence-electron chi connectivity index (χ0n) is 15.1. The van der Waals surface area contributed by atoms with Gasteiger partial charge < -0.3 is 14.0 Å². The van der Waals surface area contributed by atoms with Crippen molar-refractivity contribution < 1.29 is 13.9 Å². The average Bonchev–Trinajstić information content (AvgIpc) is 3.34. The van der Waals surface area contributed by atoms with Crippen LogP contribution < -0.4 is 9.54 Å². The Bertz CT molecular complexity index is 955. The number of ether oxygens (including phenoxy) is 2. The molecule has 1 atom stereocenters. The minimum atomic E-state index is -0.234. The van der Waals surface area contributed by atoms with E-state index in [1.807, 2.05) is 24.3 Å². The largest absolute Gasteiger partial charge is 0.497 e. The maximum Gasteiger partial charge on any atom is 0.190 e. The summed E-state index contributed by atoms with van der Waals surface area (Å²) in [5, 5.41) is 2.07. The molecule has 0 N–H and O–H groups in total. The van der Waals surface area contributed by atoms with Gasteiger partial charge in [-0.1, -0.05) is 0 Å². The summed E-state index contributed by atoms with van der Waals surface area (Å²) >= 11 is 1.58. The molecule has 1 aliphatic heterocycles. The van der Waals surface area contributed by atoms with Gasteiger partial charge >= 0.3 is 0 Å². The van der Waals surface area contributed by atoms with Gasteiger partial charge in [-0.05, 0) is 66.9 Å². The monoisotopic (exact) mass is 384 g/mol. The van der Waals surface area contributed by atoms with E-state index in [-0.39, 0.29) is 11.9 Å². The molecule has 27 heavy (non-hydrogen) atoms. The number of halogens is 1. The first-order chi connectivity index (χ1) is 13.2. The van der Waals surface area contributed by atoms with Crippen LogP contribution in [-0.4, -0.2) is 24.4 Å². The summed E-state index contributed by atoms with van der Waals surface area (Å²) in [6.07, 6.45) is 2.33. The Labute approximate surface area is 161 Å². The normalized spacial score (nSPS) is 17.4. The molecule has 140 valence electrons. The van der Waals surface area contributed by atoms with Crippen LogP contribution in [0, 0.1) is 5.82 Å². The highest BCUT2D eigenvalue weighted by Gasteiger charge is 2.19. The lowest BCUT2D eigenvalue weighted by molar-refractivity contribution is 0.0968. The fourth-order valence-corrected chi connectivity index (χ4v) is 4.14. The second-order valence-corrected chi connectivity index (χ2v) is 7.30. The highest BCUT2D eigenvalue weighted by Crippen LogP contribution is 2.24. The summed E-state index contributed by atoms with van der Waals surface area (Å²) in [4.78, 5) is 5.72. The topological polar surface area (TPSA) is 35.8 Å². The lowest BCUT2D eigenvalue weighted by Gasteiger charge is -2.14. The Hall–Kier alpha value is -2.44. The molecule has 1 fully saturated rings. The van der Waals surface area contributed by atoms with Crippen molar-refractivity contribution in [3.8, 4) is 17.0 Å². The molecular formula is C21H21FN2O2S. The summed E-state index contributed by atoms with van der Waals surface area (Å²) < 4.78 is 26.6. The maximum atomic E-state index is 13.3. The van der Waals surface area contributed by atoms with E-state index in [4.69, 9.17) is 14.5 Å². The number of benzene rings is 2. The van der Waals surface area contributed by atoms with Crippen LogP contribution in [0.3, 0.4) is 0 Å². The smallest absolute Gasteiger partial charge is 0.190 e. The molecule has 1 saturated heterocycles. The quantitative estimate of drug-likeness (QED) is 0.635. The van der Waals surface area contributed by atoms with E-state index in [1.165, 1.54) is 12.1 Å². The van der Waals surface area contributed by atoms with Gasteiger partial charge in [-0.25, -0.2) is 9.38 Å². The second-order valence-electron chi connectivity index (χ2n) is 6.47. The molecule has 0 saturated carbocycles. The molecule has 0 radical (unpaired) electrons. The van der Waals surface area contributed by atoms with Gasteiger partial charge in [0, 0.05) is 12.0 Å². The SMILES string of the molecule is COc1ccc(N=c2scc(-c3ccc(F)cc3)n2C[C@@H]2CCCO2)cc1. The molecule has 0 spiro atoms. The molecule has 3 aromatic rings. The lowest BCUT2D eigenvalue weighted by atomic mass is 10.1. The van der Waals surface area contributed by atoms with Gasteiger partial charge in [0.25, 0.3) is 0 Å². The van der Waals surface area contributed by atoms with E-state index < -0.39 is 0 Å². The molecule has 1 aromatic heterocycles. The first-order valence-corrected chi connectivity index (χ1v) is 9.85. The molecular weight excluding hydrogens is 363 g/mol. The van der Waals surface area contributed by atoms with Gasteiger partial charge in [-0.3, -0.25) is 0 Å². The van der Waals surface area contributed by atoms with Crippen molar-refractivity contribution in [1.29, 1.82) is 0 Å². The van der Waals surface area contributed by atoms with Crippen molar-refractivity contribution >= 4 is 17.0 Å². The predicted molar refractivity (Wildman–Crippen MR) is 105 cm³/mol. The van der Waals surface area contributed by atoms with Crippen molar-refractivity contribution in [2.75, 3.05) is 13.7 Å². The average molecular weight is 384 g/mol. The van der Waals surface area contributed by atoms with E-state index in [0.29, 0.717) is 0 Å². The Morgan fingerprint density at radius 3 is 2.63 bits per heavy atom. The molecule has 0 unspecified atom stereocenters. The number of methoxy groups -OCH3 is 1. The number of rotatable bonds is 5. The van der Waals surface area contributed by atoms with Crippen LogP contribution in [0.15, 0.2) is 58.9 Å². The fourth-order valence-electron chi connectivity index (χ4n) is 3.21. The third kappa shape index (κ3) is 4.12. The zero-order chi connectivity index (χ0) is 18.6. The number of aromatic nitrogens is 1. The minimum Gasteiger partial charge on any atom is -0.497 e. The van der Waals surface area contributed by atoms with Crippen molar-refractivity contribution in [3.63, 3.8) is 0 Å². The molecule has 1 aliphatic rings. The second kappa shape index (κ2) is 8.06. The molecule has 0 aliphatic carbocycles. The van der Waals surface area contributed by atoms with Crippen molar-refractivity contribution in [2.45, 2.75) is 25.5 Å². The molecule has 2 heterocycles. The summed E-state index contributed by atoms with van der Waals surface area (Å²) in [7, 11) is 1.65. The number of hydrogen-bond acceptors (Lipinski definition) is 4. The van der Waals surface area contributed by atoms with Gasteiger partial charge in [0.05, 0.1) is 31.1 Å². The van der Waals surface area contributed by atoms with Gasteiger partial charge in [-0.15, -0.1) is 11.3 Å². The van der Waals surface area contributed by atoms with Crippen LogP contribution >= 0.6 is 11.3 Å². The van der Waals surface area contributed by atoms with Crippen LogP contribution in [-0.2, 0) is 11.3 Å². The Morgan fingerprint density at radius 2 is 1.96 bits per heavy atom. The summed E-state index contributed by atoms with van der Waals surface area (Å²) in [5.74, 6) is 0.571. The summed E-state index contributed by atoms with van der Waals surface area (Å²) in [5.41, 5.74) is 2.87. The number of hydrogen-bond donors (Lipinski definition) is 0. The van der Waals surface area contributed by atoms with Crippen LogP contribution in [0.2, 0.25) is 0 Å². The molecule has 0 amide bonds. The Kier molecular flexibility index (Phi) is 5.36. The Balaban J connectivity index is 1.75. The molecule has 4 nitrogen and oxygen atoms in total. The minimum absolute atomic E-state index is 0.189. The molecule has 2 aromatic carbocycles. The van der Waals surface area contributed by atoms with E-state index in [9.17, 15) is 4.39 Å². The van der Waals surface area contributed by atoms with Crippen LogP contribution in [0.5, 0.6) is 5.75 Å². The van der Waals surface area contributed by atoms with Crippen molar-refractivity contribution in [3.05, 3.63) is 64.5 Å². The molecule has 4 rings (SSSR count). The summed E-state index contributed by atoms with van der Waals surface area (Å²) in [6.45, 7) is 1.55. The van der Waals surface area contributed by atoms with Crippen molar-refractivity contribution in [2.24, 2.45) is 4.99 Å². The zero-order valence-corrected chi connectivity index (χ0v) is 15.9. The van der Waals surface area contributed by atoms with Crippen molar-refractivity contribution in [1.82, 2.24) is 4.57 Å². The third-order valence-electron chi connectivity index (χ3n) is 4.65. The number of nitrogens with zero attached hydrogens (tertiary/aromatic N) is 2. The summed E-state index contributed by atoms with van der Waals surface area (Å²) in [6, 6.07) is 14.3. The lowest BCUT2D eigenvalue weighted by Crippen LogP contribution is -2.24. The first kappa shape index (κ1) is 17.9. The third-order valence-corrected chi connectivity index (χ3v) is 5.51. The van der Waals surface area contributed by atoms with E-state index in [1.54, 1.807) is 30.6 Å². The fraction of sp³-hybridized carbons (Fsp3) is 0.286. The van der Waals surface area contributed by atoms with Gasteiger partial charge in [0.2, 0.25) is 0 Å². The predicted octanol–water partition coefficient (Wildman–Crippen LogP) is 4.78. The van der Waals surface area contributed by atoms with Gasteiger partial charge in [-0.2, -0.15) is 0 Å². The van der Waals surface area contributed by atoms with Gasteiger partial charge in [0.1, 0.15) is 11.6 Å². The van der Waals surface area contributed by atoms with Crippen LogP contribution in [0.1, 0.15) is 12.8 Å². The highest BCUT2D eigenvalue weighted by molar-refractivity contribution is 7.07. The highest BCUT2D eigenvalue weighted by atomic mass is 32.1. The van der Waals surface area contributed by atoms with E-state index in [0.717, 1.165) is 53.5 Å². The van der Waals surface area contributed by atoms with Crippen LogP contribution in [0.4, 0.5) is 10.1 Å². The molecule has 6 heteroatoms. The van der Waals surface area contributed by atoms with E-state index >= 15 is 0 Å². The first-order valence-electron chi connectivity index (χ1n) is 8.97. The standard InChI is InChI=1S/C21H21FN2O2S/c1-25-18-10-8-17(9-11-18)23-21-24(13-19-3-2-12-26-19)20(14-27-21)15-4-6-16(22)7-5-15/h4-11,14,19H,2-3,12-13H2,1H3/t19-/m0/s1. The van der Waals surface area contributed by atoms with Crippen LogP contribution in [0.25, 0.3) is 11.3 Å². The van der Waals surface area contributed by atoms with E-state index in [2.05, 4.69) is 9.95 Å². The maximum absolute atomic E-state index is 13.3. The number of thiazole rings is 1. The van der Waals surface area contributed by atoms with Gasteiger partial charge in [0.15, 0.2) is 4.80 Å².